The molecule has 0 aromatic rings. The smallest absolute Gasteiger partial charge is 0.309 e. The summed E-state index contributed by atoms with van der Waals surface area (Å²) in [6, 6.07) is 0. The minimum Gasteiger partial charge on any atom is -0.463 e. The number of carbonyl (C=O) groups is 2. The van der Waals surface area contributed by atoms with Gasteiger partial charge >= 0.3 is 5.97 Å². The van der Waals surface area contributed by atoms with E-state index < -0.39 is 5.60 Å². The summed E-state index contributed by atoms with van der Waals surface area (Å²) in [6.07, 6.45) is 7.40. The maximum atomic E-state index is 12.1. The number of rotatable bonds is 7. The summed E-state index contributed by atoms with van der Waals surface area (Å²) in [7, 11) is 0. The van der Waals surface area contributed by atoms with E-state index in [1.165, 1.54) is 0 Å². The van der Waals surface area contributed by atoms with E-state index in [2.05, 4.69) is 6.92 Å². The van der Waals surface area contributed by atoms with Crippen LogP contribution in [-0.2, 0) is 19.1 Å². The van der Waals surface area contributed by atoms with Crippen LogP contribution in [-0.4, -0.2) is 41.8 Å². The van der Waals surface area contributed by atoms with E-state index >= 15 is 0 Å². The molecule has 2 saturated carbocycles. The fourth-order valence-electron chi connectivity index (χ4n) is 3.96. The highest BCUT2D eigenvalue weighted by Crippen LogP contribution is 2.30. The Labute approximate surface area is 151 Å². The minimum atomic E-state index is -1.25. The Bertz CT molecular complexity index is 437. The summed E-state index contributed by atoms with van der Waals surface area (Å²) >= 11 is 0. The van der Waals surface area contributed by atoms with Crippen LogP contribution in [0.1, 0.15) is 72.1 Å². The molecule has 0 bridgehead atoms. The van der Waals surface area contributed by atoms with Gasteiger partial charge in [-0.25, -0.2) is 0 Å². The second kappa shape index (κ2) is 9.13. The van der Waals surface area contributed by atoms with Gasteiger partial charge in [0.15, 0.2) is 5.78 Å². The molecule has 0 aromatic carbocycles. The van der Waals surface area contributed by atoms with Gasteiger partial charge in [-0.15, -0.1) is 0 Å². The molecule has 2 aliphatic rings. The van der Waals surface area contributed by atoms with Crippen molar-refractivity contribution in [3.8, 4) is 0 Å². The van der Waals surface area contributed by atoms with Crippen LogP contribution >= 0.6 is 0 Å². The van der Waals surface area contributed by atoms with Crippen LogP contribution in [0, 0.1) is 17.8 Å². The van der Waals surface area contributed by atoms with Crippen molar-refractivity contribution in [2.24, 2.45) is 17.8 Å². The second-order valence-electron chi connectivity index (χ2n) is 8.39. The molecule has 0 amide bonds. The third-order valence-corrected chi connectivity index (χ3v) is 5.68. The van der Waals surface area contributed by atoms with Crippen molar-refractivity contribution in [1.29, 1.82) is 0 Å². The Balaban J connectivity index is 1.57. The van der Waals surface area contributed by atoms with E-state index in [1.807, 2.05) is 0 Å². The molecule has 0 radical (unpaired) electrons. The van der Waals surface area contributed by atoms with Crippen LogP contribution in [0.2, 0.25) is 0 Å². The van der Waals surface area contributed by atoms with E-state index in [9.17, 15) is 14.7 Å². The molecule has 0 heterocycles. The molecule has 1 N–H and O–H groups in total. The largest absolute Gasteiger partial charge is 0.463 e. The van der Waals surface area contributed by atoms with Crippen molar-refractivity contribution in [3.63, 3.8) is 0 Å². The summed E-state index contributed by atoms with van der Waals surface area (Å²) in [5.41, 5.74) is -1.25. The molecule has 0 atom stereocenters. The molecule has 0 saturated heterocycles. The van der Waals surface area contributed by atoms with Crippen LogP contribution in [0.4, 0.5) is 0 Å². The first kappa shape index (κ1) is 20.4. The number of hydrogen-bond donors (Lipinski definition) is 1. The van der Waals surface area contributed by atoms with E-state index in [0.29, 0.717) is 13.2 Å². The van der Waals surface area contributed by atoms with Crippen LogP contribution in [0.5, 0.6) is 0 Å². The normalized spacial score (nSPS) is 30.7. The molecule has 5 nitrogen and oxygen atoms in total. The fourth-order valence-corrected chi connectivity index (χ4v) is 3.96. The lowest BCUT2D eigenvalue weighted by molar-refractivity contribution is -0.152. The number of hydrogen-bond acceptors (Lipinski definition) is 5. The van der Waals surface area contributed by atoms with E-state index in [-0.39, 0.29) is 29.7 Å². The molecule has 5 heteroatoms. The Hall–Kier alpha value is -0.940. The number of aliphatic hydroxyl groups is 1. The lowest BCUT2D eigenvalue weighted by atomic mass is 9.80. The van der Waals surface area contributed by atoms with Gasteiger partial charge in [0.2, 0.25) is 0 Å². The predicted molar refractivity (Wildman–Crippen MR) is 95.1 cm³/mol. The number of Topliss-reactive ketones (excluding diaryl/α,β-unsaturated/α-hetero) is 1. The van der Waals surface area contributed by atoms with Gasteiger partial charge in [-0.1, -0.05) is 6.92 Å². The standard InChI is InChI=1S/C20H34O5/c1-14-4-6-16(7-5-14)19(22)25-13-12-24-17-10-8-15(9-11-17)18(21)20(2,3)23/h14-17,23H,4-13H2,1-3H3. The molecular formula is C20H34O5. The SMILES string of the molecule is CC1CCC(C(=O)OCCOC2CCC(C(=O)C(C)(C)O)CC2)CC1. The topological polar surface area (TPSA) is 72.8 Å². The van der Waals surface area contributed by atoms with Crippen LogP contribution in [0.3, 0.4) is 0 Å². The maximum absolute atomic E-state index is 12.1. The van der Waals surface area contributed by atoms with Crippen LogP contribution < -0.4 is 0 Å². The monoisotopic (exact) mass is 354 g/mol. The van der Waals surface area contributed by atoms with Gasteiger partial charge in [0.1, 0.15) is 12.2 Å². The third kappa shape index (κ3) is 6.37. The summed E-state index contributed by atoms with van der Waals surface area (Å²) in [6.45, 7) is 6.08. The Kier molecular flexibility index (Phi) is 7.44. The molecule has 0 aliphatic heterocycles. The second-order valence-corrected chi connectivity index (χ2v) is 8.39. The molecule has 0 spiro atoms. The van der Waals surface area contributed by atoms with Gasteiger partial charge in [-0.05, 0) is 71.1 Å². The van der Waals surface area contributed by atoms with Crippen molar-refractivity contribution in [2.75, 3.05) is 13.2 Å². The van der Waals surface area contributed by atoms with E-state index in [4.69, 9.17) is 9.47 Å². The van der Waals surface area contributed by atoms with Crippen molar-refractivity contribution in [3.05, 3.63) is 0 Å². The highest BCUT2D eigenvalue weighted by Gasteiger charge is 2.34. The quantitative estimate of drug-likeness (QED) is 0.561. The number of ether oxygens (including phenoxy) is 2. The van der Waals surface area contributed by atoms with Crippen LogP contribution in [0.15, 0.2) is 0 Å². The van der Waals surface area contributed by atoms with Gasteiger partial charge in [0.25, 0.3) is 0 Å². The van der Waals surface area contributed by atoms with Gasteiger partial charge in [-0.2, -0.15) is 0 Å². The Morgan fingerprint density at radius 3 is 2.04 bits per heavy atom. The van der Waals surface area contributed by atoms with Crippen molar-refractivity contribution in [1.82, 2.24) is 0 Å². The zero-order valence-electron chi connectivity index (χ0n) is 16.0. The van der Waals surface area contributed by atoms with Gasteiger partial charge < -0.3 is 14.6 Å². The fraction of sp³-hybridized carbons (Fsp3) is 0.900. The summed E-state index contributed by atoms with van der Waals surface area (Å²) in [5.74, 6) is 0.591. The van der Waals surface area contributed by atoms with Gasteiger partial charge in [-0.3, -0.25) is 9.59 Å². The third-order valence-electron chi connectivity index (χ3n) is 5.68. The molecule has 144 valence electrons. The maximum Gasteiger partial charge on any atom is 0.309 e. The van der Waals surface area contributed by atoms with E-state index in [1.54, 1.807) is 13.8 Å². The zero-order chi connectivity index (χ0) is 18.4. The van der Waals surface area contributed by atoms with Crippen molar-refractivity contribution in [2.45, 2.75) is 83.8 Å². The Morgan fingerprint density at radius 2 is 1.48 bits per heavy atom. The lowest BCUT2D eigenvalue weighted by Gasteiger charge is -2.30. The van der Waals surface area contributed by atoms with Crippen molar-refractivity contribution < 1.29 is 24.2 Å². The number of esters is 1. The first-order valence-corrected chi connectivity index (χ1v) is 9.82. The summed E-state index contributed by atoms with van der Waals surface area (Å²) < 4.78 is 11.2. The Morgan fingerprint density at radius 1 is 0.920 bits per heavy atom. The molecule has 2 rings (SSSR count). The first-order chi connectivity index (χ1) is 11.8. The van der Waals surface area contributed by atoms with Crippen molar-refractivity contribution >= 4 is 11.8 Å². The summed E-state index contributed by atoms with van der Waals surface area (Å²) in [5, 5.41) is 9.82. The van der Waals surface area contributed by atoms with Gasteiger partial charge in [0.05, 0.1) is 18.6 Å². The molecular weight excluding hydrogens is 320 g/mol. The highest BCUT2D eigenvalue weighted by atomic mass is 16.6. The molecule has 2 aliphatic carbocycles. The zero-order valence-corrected chi connectivity index (χ0v) is 16.0. The molecule has 2 fully saturated rings. The minimum absolute atomic E-state index is 0.0635. The molecule has 0 aromatic heterocycles. The average Bonchev–Trinajstić information content (AvgIpc) is 2.58. The average molecular weight is 354 g/mol. The molecule has 25 heavy (non-hydrogen) atoms. The molecule has 0 unspecified atom stereocenters. The van der Waals surface area contributed by atoms with Crippen LogP contribution in [0.25, 0.3) is 0 Å². The van der Waals surface area contributed by atoms with E-state index in [0.717, 1.165) is 57.3 Å². The number of carbonyl (C=O) groups excluding carboxylic acids is 2. The summed E-state index contributed by atoms with van der Waals surface area (Å²) in [4.78, 5) is 24.1. The first-order valence-electron chi connectivity index (χ1n) is 9.82. The lowest BCUT2D eigenvalue weighted by Crippen LogP contribution is -2.39. The predicted octanol–water partition coefficient (Wildman–Crippen LogP) is 3.27. The highest BCUT2D eigenvalue weighted by molar-refractivity contribution is 5.88. The number of ketones is 1. The van der Waals surface area contributed by atoms with Gasteiger partial charge in [0, 0.05) is 5.92 Å².